The van der Waals surface area contributed by atoms with Gasteiger partial charge in [0.2, 0.25) is 0 Å². The van der Waals surface area contributed by atoms with E-state index in [1.807, 2.05) is 71.6 Å². The zero-order valence-electron chi connectivity index (χ0n) is 24.0. The summed E-state index contributed by atoms with van der Waals surface area (Å²) in [6.07, 6.45) is 3.24. The van der Waals surface area contributed by atoms with E-state index in [0.29, 0.717) is 25.1 Å². The smallest absolute Gasteiger partial charge is 0.264 e. The SMILES string of the molecule is Cc1ccc(O)cc1S(=O)(=O)NC(=O)COCCCCN(c1cnc(-c2ccccc2)c(-c2ccccc2)n1)C(C)C. The van der Waals surface area contributed by atoms with Crippen molar-refractivity contribution < 1.29 is 23.1 Å². The number of aryl methyl sites for hydroxylation is 1. The molecule has 0 fully saturated rings. The Balaban J connectivity index is 1.34. The van der Waals surface area contributed by atoms with Gasteiger partial charge in [0, 0.05) is 36.4 Å². The van der Waals surface area contributed by atoms with Gasteiger partial charge in [-0.2, -0.15) is 0 Å². The summed E-state index contributed by atoms with van der Waals surface area (Å²) in [7, 11) is -4.12. The highest BCUT2D eigenvalue weighted by molar-refractivity contribution is 7.90. The number of nitrogens with one attached hydrogen (secondary N) is 1. The van der Waals surface area contributed by atoms with E-state index < -0.39 is 22.5 Å². The van der Waals surface area contributed by atoms with Crippen LogP contribution in [0.15, 0.2) is 90.0 Å². The van der Waals surface area contributed by atoms with Gasteiger partial charge in [-0.1, -0.05) is 66.7 Å². The second kappa shape index (κ2) is 14.1. The van der Waals surface area contributed by atoms with Crippen molar-refractivity contribution in [1.29, 1.82) is 0 Å². The van der Waals surface area contributed by atoms with Gasteiger partial charge < -0.3 is 14.7 Å². The van der Waals surface area contributed by atoms with Gasteiger partial charge in [-0.25, -0.2) is 18.1 Å². The molecular formula is C32H36N4O5S. The van der Waals surface area contributed by atoms with Gasteiger partial charge in [0.25, 0.3) is 15.9 Å². The molecule has 0 saturated carbocycles. The maximum Gasteiger partial charge on any atom is 0.264 e. The van der Waals surface area contributed by atoms with Crippen LogP contribution in [0.25, 0.3) is 22.5 Å². The number of anilines is 1. The predicted molar refractivity (Wildman–Crippen MR) is 164 cm³/mol. The van der Waals surface area contributed by atoms with Gasteiger partial charge in [0.05, 0.1) is 22.5 Å². The standard InChI is InChI=1S/C32H36N4O5S/c1-23(2)36(18-10-11-19-41-22-30(38)35-42(39,40)28-20-27(37)17-16-24(28)3)29-21-33-31(25-12-6-4-7-13-25)32(34-29)26-14-8-5-9-15-26/h4-9,12-17,20-21,23,37H,10-11,18-19,22H2,1-3H3,(H,35,38). The normalized spacial score (nSPS) is 11.4. The molecule has 42 heavy (non-hydrogen) atoms. The molecule has 0 unspecified atom stereocenters. The van der Waals surface area contributed by atoms with Crippen LogP contribution in [0.4, 0.5) is 5.82 Å². The Kier molecular flexibility index (Phi) is 10.3. The average Bonchev–Trinajstić information content (AvgIpc) is 2.98. The van der Waals surface area contributed by atoms with Crippen LogP contribution in [0.2, 0.25) is 0 Å². The van der Waals surface area contributed by atoms with Crippen molar-refractivity contribution in [3.63, 3.8) is 0 Å². The number of sulfonamides is 1. The Labute approximate surface area is 247 Å². The molecular weight excluding hydrogens is 552 g/mol. The summed E-state index contributed by atoms with van der Waals surface area (Å²) in [4.78, 5) is 24.1. The lowest BCUT2D eigenvalue weighted by Gasteiger charge is -2.28. The molecule has 0 aliphatic heterocycles. The number of carbonyl (C=O) groups is 1. The Morgan fingerprint density at radius 3 is 2.24 bits per heavy atom. The number of ether oxygens (including phenoxy) is 1. The highest BCUT2D eigenvalue weighted by Gasteiger charge is 2.21. The van der Waals surface area contributed by atoms with Crippen molar-refractivity contribution >= 4 is 21.7 Å². The number of unbranched alkanes of at least 4 members (excludes halogenated alkanes) is 1. The highest BCUT2D eigenvalue weighted by atomic mass is 32.2. The van der Waals surface area contributed by atoms with E-state index >= 15 is 0 Å². The fourth-order valence-electron chi connectivity index (χ4n) is 4.52. The topological polar surface area (TPSA) is 122 Å². The van der Waals surface area contributed by atoms with Crippen LogP contribution in [0.3, 0.4) is 0 Å². The summed E-state index contributed by atoms with van der Waals surface area (Å²) >= 11 is 0. The van der Waals surface area contributed by atoms with Crippen LogP contribution < -0.4 is 9.62 Å². The molecule has 9 nitrogen and oxygen atoms in total. The maximum atomic E-state index is 12.5. The summed E-state index contributed by atoms with van der Waals surface area (Å²) in [5.74, 6) is -0.199. The van der Waals surface area contributed by atoms with Crippen molar-refractivity contribution in [2.45, 2.75) is 44.6 Å². The van der Waals surface area contributed by atoms with E-state index in [2.05, 4.69) is 18.7 Å². The Hall–Kier alpha value is -4.28. The largest absolute Gasteiger partial charge is 0.508 e. The summed E-state index contributed by atoms with van der Waals surface area (Å²) in [6.45, 7) is 6.39. The number of phenolic OH excluding ortho intramolecular Hbond substituents is 1. The molecule has 1 amide bonds. The van der Waals surface area contributed by atoms with E-state index in [-0.39, 0.29) is 16.7 Å². The quantitative estimate of drug-likeness (QED) is 0.201. The molecule has 10 heteroatoms. The molecule has 0 radical (unpaired) electrons. The number of amides is 1. The first-order chi connectivity index (χ1) is 20.2. The molecule has 0 aliphatic carbocycles. The second-order valence-electron chi connectivity index (χ2n) is 10.2. The zero-order valence-corrected chi connectivity index (χ0v) is 24.8. The molecule has 0 atom stereocenters. The molecule has 0 aliphatic rings. The van der Waals surface area contributed by atoms with E-state index in [9.17, 15) is 18.3 Å². The van der Waals surface area contributed by atoms with Gasteiger partial charge in [-0.05, 0) is 45.2 Å². The number of benzene rings is 3. The minimum Gasteiger partial charge on any atom is -0.508 e. The predicted octanol–water partition coefficient (Wildman–Crippen LogP) is 5.34. The Bertz CT molecular complexity index is 1600. The second-order valence-corrected chi connectivity index (χ2v) is 11.8. The van der Waals surface area contributed by atoms with Gasteiger partial charge in [0.15, 0.2) is 0 Å². The molecule has 3 aromatic carbocycles. The van der Waals surface area contributed by atoms with Crippen molar-refractivity contribution in [3.8, 4) is 28.3 Å². The van der Waals surface area contributed by atoms with Gasteiger partial charge in [-0.15, -0.1) is 0 Å². The average molecular weight is 589 g/mol. The van der Waals surface area contributed by atoms with Gasteiger partial charge in [-0.3, -0.25) is 9.78 Å². The van der Waals surface area contributed by atoms with Gasteiger partial charge in [0.1, 0.15) is 18.2 Å². The summed E-state index contributed by atoms with van der Waals surface area (Å²) in [5.41, 5.74) is 4.04. The number of hydrogen-bond acceptors (Lipinski definition) is 8. The third-order valence-corrected chi connectivity index (χ3v) is 8.17. The van der Waals surface area contributed by atoms with Crippen LogP contribution in [-0.2, 0) is 19.6 Å². The lowest BCUT2D eigenvalue weighted by atomic mass is 10.0. The fraction of sp³-hybridized carbons (Fsp3) is 0.281. The lowest BCUT2D eigenvalue weighted by molar-refractivity contribution is -0.123. The van der Waals surface area contributed by atoms with E-state index in [1.165, 1.54) is 12.1 Å². The van der Waals surface area contributed by atoms with Crippen molar-refractivity contribution in [3.05, 3.63) is 90.6 Å². The van der Waals surface area contributed by atoms with E-state index in [1.54, 1.807) is 6.92 Å². The van der Waals surface area contributed by atoms with Gasteiger partial charge >= 0.3 is 0 Å². The molecule has 4 aromatic rings. The third kappa shape index (κ3) is 7.92. The number of carbonyl (C=O) groups excluding carboxylic acids is 1. The van der Waals surface area contributed by atoms with Crippen molar-refractivity contribution in [2.24, 2.45) is 0 Å². The number of aromatic hydroxyl groups is 1. The molecule has 2 N–H and O–H groups in total. The fourth-order valence-corrected chi connectivity index (χ4v) is 5.76. The van der Waals surface area contributed by atoms with Crippen LogP contribution >= 0.6 is 0 Å². The summed E-state index contributed by atoms with van der Waals surface area (Å²) < 4.78 is 32.5. The first-order valence-electron chi connectivity index (χ1n) is 13.8. The van der Waals surface area contributed by atoms with Crippen molar-refractivity contribution in [2.75, 3.05) is 24.7 Å². The minimum absolute atomic E-state index is 0.153. The third-order valence-electron chi connectivity index (χ3n) is 6.65. The van der Waals surface area contributed by atoms with Crippen LogP contribution in [-0.4, -0.2) is 55.2 Å². The zero-order chi connectivity index (χ0) is 30.1. The molecule has 220 valence electrons. The highest BCUT2D eigenvalue weighted by Crippen LogP contribution is 2.31. The first-order valence-corrected chi connectivity index (χ1v) is 15.3. The summed E-state index contributed by atoms with van der Waals surface area (Å²) in [5, 5.41) is 9.62. The molecule has 1 aromatic heterocycles. The summed E-state index contributed by atoms with van der Waals surface area (Å²) in [6, 6.07) is 24.1. The van der Waals surface area contributed by atoms with E-state index in [4.69, 9.17) is 14.7 Å². The maximum absolute atomic E-state index is 12.5. The van der Waals surface area contributed by atoms with E-state index in [0.717, 1.165) is 40.8 Å². The number of aromatic nitrogens is 2. The van der Waals surface area contributed by atoms with Crippen LogP contribution in [0.5, 0.6) is 5.75 Å². The molecule has 0 bridgehead atoms. The number of phenols is 1. The molecule has 0 spiro atoms. The Morgan fingerprint density at radius 1 is 0.952 bits per heavy atom. The lowest BCUT2D eigenvalue weighted by Crippen LogP contribution is -2.34. The monoisotopic (exact) mass is 588 g/mol. The van der Waals surface area contributed by atoms with Crippen molar-refractivity contribution in [1.82, 2.24) is 14.7 Å². The number of nitrogens with zero attached hydrogens (tertiary/aromatic N) is 3. The molecule has 1 heterocycles. The number of hydrogen-bond donors (Lipinski definition) is 2. The van der Waals surface area contributed by atoms with Crippen LogP contribution in [0, 0.1) is 6.92 Å². The minimum atomic E-state index is -4.12. The number of rotatable bonds is 13. The molecule has 4 rings (SSSR count). The Morgan fingerprint density at radius 2 is 1.60 bits per heavy atom. The molecule has 0 saturated heterocycles. The van der Waals surface area contributed by atoms with Crippen LogP contribution in [0.1, 0.15) is 32.3 Å². The first kappa shape index (κ1) is 30.7.